The summed E-state index contributed by atoms with van der Waals surface area (Å²) in [5.41, 5.74) is 4.42. The SMILES string of the molecule is Cc1ccc(C)n1-c1ccc([C@@H]2CN(Cc3ccccc3)C(=O)CO2)cn1. The molecule has 5 heteroatoms. The van der Waals surface area contributed by atoms with Gasteiger partial charge in [-0.3, -0.25) is 4.79 Å². The molecule has 0 N–H and O–H groups in total. The lowest BCUT2D eigenvalue weighted by Crippen LogP contribution is -2.42. The van der Waals surface area contributed by atoms with E-state index in [1.54, 1.807) is 0 Å². The topological polar surface area (TPSA) is 47.4 Å². The van der Waals surface area contributed by atoms with Gasteiger partial charge in [0, 0.05) is 29.7 Å². The average Bonchev–Trinajstić information content (AvgIpc) is 3.03. The number of benzene rings is 1. The Morgan fingerprint density at radius 3 is 2.44 bits per heavy atom. The molecule has 1 saturated heterocycles. The summed E-state index contributed by atoms with van der Waals surface area (Å²) in [7, 11) is 0. The number of morpholine rings is 1. The first-order valence-corrected chi connectivity index (χ1v) is 9.16. The fourth-order valence-electron chi connectivity index (χ4n) is 3.53. The molecule has 1 atom stereocenters. The molecule has 1 amide bonds. The van der Waals surface area contributed by atoms with Crippen molar-refractivity contribution < 1.29 is 9.53 Å². The second kappa shape index (κ2) is 7.37. The summed E-state index contributed by atoms with van der Waals surface area (Å²) in [6, 6.07) is 18.3. The zero-order valence-corrected chi connectivity index (χ0v) is 15.6. The zero-order chi connectivity index (χ0) is 18.8. The van der Waals surface area contributed by atoms with E-state index in [-0.39, 0.29) is 18.6 Å². The van der Waals surface area contributed by atoms with E-state index in [0.717, 1.165) is 28.3 Å². The van der Waals surface area contributed by atoms with Crippen LogP contribution in [0.15, 0.2) is 60.8 Å². The summed E-state index contributed by atoms with van der Waals surface area (Å²) in [4.78, 5) is 18.7. The van der Waals surface area contributed by atoms with E-state index in [0.29, 0.717) is 13.1 Å². The molecule has 0 radical (unpaired) electrons. The van der Waals surface area contributed by atoms with E-state index in [1.807, 2.05) is 53.6 Å². The van der Waals surface area contributed by atoms with Gasteiger partial charge in [0.25, 0.3) is 0 Å². The number of pyridine rings is 1. The van der Waals surface area contributed by atoms with Gasteiger partial charge in [0.1, 0.15) is 18.5 Å². The Balaban J connectivity index is 1.50. The monoisotopic (exact) mass is 361 g/mol. The van der Waals surface area contributed by atoms with Crippen LogP contribution in [-0.4, -0.2) is 33.5 Å². The summed E-state index contributed by atoms with van der Waals surface area (Å²) in [5, 5.41) is 0. The number of carbonyl (C=O) groups excluding carboxylic acids is 1. The van der Waals surface area contributed by atoms with Crippen LogP contribution in [0.3, 0.4) is 0 Å². The molecule has 27 heavy (non-hydrogen) atoms. The molecular weight excluding hydrogens is 338 g/mol. The van der Waals surface area contributed by atoms with E-state index < -0.39 is 0 Å². The minimum Gasteiger partial charge on any atom is -0.362 e. The van der Waals surface area contributed by atoms with Crippen LogP contribution in [0.25, 0.3) is 5.82 Å². The molecule has 0 bridgehead atoms. The molecule has 2 aromatic heterocycles. The smallest absolute Gasteiger partial charge is 0.249 e. The molecule has 1 fully saturated rings. The van der Waals surface area contributed by atoms with E-state index in [1.165, 1.54) is 0 Å². The maximum Gasteiger partial charge on any atom is 0.249 e. The fraction of sp³-hybridized carbons (Fsp3) is 0.273. The highest BCUT2D eigenvalue weighted by atomic mass is 16.5. The van der Waals surface area contributed by atoms with Crippen molar-refractivity contribution in [3.8, 4) is 5.82 Å². The lowest BCUT2D eigenvalue weighted by Gasteiger charge is -2.33. The van der Waals surface area contributed by atoms with Crippen molar-refractivity contribution in [2.75, 3.05) is 13.2 Å². The summed E-state index contributed by atoms with van der Waals surface area (Å²) < 4.78 is 7.91. The van der Waals surface area contributed by atoms with Gasteiger partial charge in [0.15, 0.2) is 0 Å². The van der Waals surface area contributed by atoms with Crippen LogP contribution in [0.2, 0.25) is 0 Å². The van der Waals surface area contributed by atoms with E-state index in [9.17, 15) is 4.79 Å². The second-order valence-corrected chi connectivity index (χ2v) is 6.96. The normalized spacial score (nSPS) is 17.3. The Morgan fingerprint density at radius 1 is 1.04 bits per heavy atom. The standard InChI is InChI=1S/C22H23N3O2/c1-16-8-9-17(2)25(16)21-11-10-19(12-23-21)20-14-24(22(26)15-27-20)13-18-6-4-3-5-7-18/h3-12,20H,13-15H2,1-2H3/t20-/m0/s1. The van der Waals surface area contributed by atoms with Gasteiger partial charge in [-0.1, -0.05) is 36.4 Å². The molecule has 0 unspecified atom stereocenters. The van der Waals surface area contributed by atoms with Crippen LogP contribution in [0.4, 0.5) is 0 Å². The Morgan fingerprint density at radius 2 is 1.78 bits per heavy atom. The molecule has 0 spiro atoms. The second-order valence-electron chi connectivity index (χ2n) is 6.96. The van der Waals surface area contributed by atoms with Gasteiger partial charge >= 0.3 is 0 Å². The molecule has 1 aliphatic heterocycles. The van der Waals surface area contributed by atoms with Gasteiger partial charge in [0.2, 0.25) is 5.91 Å². The van der Waals surface area contributed by atoms with Crippen LogP contribution in [0.5, 0.6) is 0 Å². The number of rotatable bonds is 4. The third-order valence-electron chi connectivity index (χ3n) is 5.01. The van der Waals surface area contributed by atoms with Crippen molar-refractivity contribution in [3.63, 3.8) is 0 Å². The predicted molar refractivity (Wildman–Crippen MR) is 104 cm³/mol. The number of hydrogen-bond acceptors (Lipinski definition) is 3. The van der Waals surface area contributed by atoms with Crippen molar-refractivity contribution >= 4 is 5.91 Å². The third kappa shape index (κ3) is 3.64. The summed E-state index contributed by atoms with van der Waals surface area (Å²) in [6.07, 6.45) is 1.70. The maximum atomic E-state index is 12.2. The Bertz CT molecular complexity index is 912. The average molecular weight is 361 g/mol. The summed E-state index contributed by atoms with van der Waals surface area (Å²) in [5.74, 6) is 0.921. The third-order valence-corrected chi connectivity index (χ3v) is 5.01. The van der Waals surface area contributed by atoms with E-state index >= 15 is 0 Å². The van der Waals surface area contributed by atoms with E-state index in [2.05, 4.69) is 35.5 Å². The van der Waals surface area contributed by atoms with Crippen LogP contribution in [0, 0.1) is 13.8 Å². The maximum absolute atomic E-state index is 12.2. The first-order chi connectivity index (χ1) is 13.1. The fourth-order valence-corrected chi connectivity index (χ4v) is 3.53. The minimum atomic E-state index is -0.153. The molecule has 4 rings (SSSR count). The zero-order valence-electron chi connectivity index (χ0n) is 15.6. The minimum absolute atomic E-state index is 0.0262. The molecule has 138 valence electrons. The number of aryl methyl sites for hydroxylation is 2. The number of hydrogen-bond donors (Lipinski definition) is 0. The van der Waals surface area contributed by atoms with Crippen LogP contribution < -0.4 is 0 Å². The lowest BCUT2D eigenvalue weighted by atomic mass is 10.1. The van der Waals surface area contributed by atoms with Crippen molar-refractivity contribution in [1.29, 1.82) is 0 Å². The highest BCUT2D eigenvalue weighted by Gasteiger charge is 2.27. The molecule has 3 aromatic rings. The largest absolute Gasteiger partial charge is 0.362 e. The van der Waals surface area contributed by atoms with Gasteiger partial charge in [-0.15, -0.1) is 0 Å². The number of amides is 1. The Hall–Kier alpha value is -2.92. The quantitative estimate of drug-likeness (QED) is 0.713. The Kier molecular flexibility index (Phi) is 4.77. The van der Waals surface area contributed by atoms with Gasteiger partial charge in [-0.05, 0) is 37.6 Å². The van der Waals surface area contributed by atoms with Crippen molar-refractivity contribution in [3.05, 3.63) is 83.3 Å². The highest BCUT2D eigenvalue weighted by Crippen LogP contribution is 2.24. The molecule has 0 aliphatic carbocycles. The molecule has 5 nitrogen and oxygen atoms in total. The molecule has 0 saturated carbocycles. The first kappa shape index (κ1) is 17.5. The van der Waals surface area contributed by atoms with Gasteiger partial charge in [-0.2, -0.15) is 0 Å². The van der Waals surface area contributed by atoms with Crippen LogP contribution in [0.1, 0.15) is 28.6 Å². The molecule has 1 aromatic carbocycles. The number of nitrogens with zero attached hydrogens (tertiary/aromatic N) is 3. The van der Waals surface area contributed by atoms with Gasteiger partial charge in [0.05, 0.1) is 6.54 Å². The van der Waals surface area contributed by atoms with Crippen LogP contribution in [-0.2, 0) is 16.1 Å². The van der Waals surface area contributed by atoms with Crippen LogP contribution >= 0.6 is 0 Å². The molecular formula is C22H23N3O2. The number of carbonyl (C=O) groups is 1. The lowest BCUT2D eigenvalue weighted by molar-refractivity contribution is -0.150. The summed E-state index contributed by atoms with van der Waals surface area (Å²) >= 11 is 0. The van der Waals surface area contributed by atoms with E-state index in [4.69, 9.17) is 4.74 Å². The van der Waals surface area contributed by atoms with Crippen molar-refractivity contribution in [2.45, 2.75) is 26.5 Å². The van der Waals surface area contributed by atoms with Gasteiger partial charge < -0.3 is 14.2 Å². The Labute approximate surface area is 159 Å². The number of ether oxygens (including phenoxy) is 1. The molecule has 3 heterocycles. The van der Waals surface area contributed by atoms with Gasteiger partial charge in [-0.25, -0.2) is 4.98 Å². The first-order valence-electron chi connectivity index (χ1n) is 9.16. The van der Waals surface area contributed by atoms with Crippen molar-refractivity contribution in [1.82, 2.24) is 14.5 Å². The number of aromatic nitrogens is 2. The molecule has 1 aliphatic rings. The predicted octanol–water partition coefficient (Wildman–Crippen LogP) is 3.59. The highest BCUT2D eigenvalue weighted by molar-refractivity contribution is 5.78. The van der Waals surface area contributed by atoms with Crippen molar-refractivity contribution in [2.24, 2.45) is 0 Å². The summed E-state index contributed by atoms with van der Waals surface area (Å²) in [6.45, 7) is 5.39.